The highest BCUT2D eigenvalue weighted by Crippen LogP contribution is 2.51. The van der Waals surface area contributed by atoms with E-state index in [9.17, 15) is 14.5 Å². The number of carboxylic acids is 1. The Morgan fingerprint density at radius 3 is 1.21 bits per heavy atom. The Kier molecular flexibility index (Phi) is 16.5. The molecule has 0 aromatic heterocycles. The van der Waals surface area contributed by atoms with Gasteiger partial charge in [0.05, 0.1) is 16.9 Å². The van der Waals surface area contributed by atoms with Crippen LogP contribution >= 0.6 is 23.5 Å². The molecule has 0 saturated carbocycles. The molecule has 0 fully saturated rings. The number of ether oxygens (including phenoxy) is 1. The molecule has 0 aliphatic heterocycles. The van der Waals surface area contributed by atoms with Gasteiger partial charge in [0, 0.05) is 20.9 Å². The fourth-order valence-electron chi connectivity index (χ4n) is 4.76. The van der Waals surface area contributed by atoms with Crippen LogP contribution in [0.3, 0.4) is 0 Å². The van der Waals surface area contributed by atoms with E-state index in [4.69, 9.17) is 9.84 Å². The number of nitroso groups, excluding NO2 is 1. The molecule has 2 aromatic carbocycles. The molecule has 2 aromatic rings. The quantitative estimate of drug-likeness (QED) is 0.0920. The number of benzene rings is 2. The molecule has 1 N–H and O–H groups in total. The summed E-state index contributed by atoms with van der Waals surface area (Å²) in [6.45, 7) is 37.5. The zero-order chi connectivity index (χ0) is 37.3. The van der Waals surface area contributed by atoms with Crippen LogP contribution in [0.5, 0.6) is 5.75 Å². The van der Waals surface area contributed by atoms with Gasteiger partial charge >= 0.3 is 11.9 Å². The highest BCUT2D eigenvalue weighted by atomic mass is 32.2. The third kappa shape index (κ3) is 13.6. The highest BCUT2D eigenvalue weighted by Gasteiger charge is 2.33. The van der Waals surface area contributed by atoms with E-state index in [1.807, 2.05) is 27.7 Å². The molecule has 0 amide bonds. The second-order valence-electron chi connectivity index (χ2n) is 15.8. The number of carbonyl (C=O) groups is 2. The molecular formula is C39H63NO5S2. The molecule has 0 spiro atoms. The second-order valence-corrected chi connectivity index (χ2v) is 19.4. The maximum absolute atomic E-state index is 12.7. The Balaban J connectivity index is 0.00000508. The topological polar surface area (TPSA) is 93.0 Å². The molecule has 0 heterocycles. The molecule has 0 atom stereocenters. The Morgan fingerprint density at radius 2 is 0.936 bits per heavy atom. The summed E-state index contributed by atoms with van der Waals surface area (Å²) in [6, 6.07) is 8.42. The van der Waals surface area contributed by atoms with Gasteiger partial charge in [-0.05, 0) is 76.1 Å². The van der Waals surface area contributed by atoms with Crippen LogP contribution in [0.15, 0.2) is 39.2 Å². The smallest absolute Gasteiger partial charge is 0.311 e. The zero-order valence-corrected chi connectivity index (χ0v) is 34.2. The standard InChI is InChI=1S/C35H51NO5S2.2C2H6/c1-31(2,3)23-17-21(18-24(29(23)36-40)32(4,5)6)42-35(13,14)43-22-19-25(33(7,8)9)30(26(20-22)34(10,11)12)41-28(39)16-15-27(37)38;2*1-2/h17-20H,15-16H2,1-14H3,(H,37,38);2*1-2H3. The summed E-state index contributed by atoms with van der Waals surface area (Å²) >= 11 is 3.49. The number of carboxylic acid groups (broad SMARTS) is 1. The number of thioether (sulfide) groups is 2. The van der Waals surface area contributed by atoms with E-state index in [0.29, 0.717) is 11.4 Å². The van der Waals surface area contributed by atoms with E-state index in [-0.39, 0.29) is 38.6 Å². The van der Waals surface area contributed by atoms with Gasteiger partial charge in [-0.3, -0.25) is 9.59 Å². The van der Waals surface area contributed by atoms with Crippen molar-refractivity contribution >= 4 is 41.1 Å². The van der Waals surface area contributed by atoms with Crippen molar-refractivity contribution in [2.45, 2.75) is 173 Å². The summed E-state index contributed by atoms with van der Waals surface area (Å²) in [5.74, 6) is -1.06. The van der Waals surface area contributed by atoms with E-state index < -0.39 is 11.9 Å². The minimum Gasteiger partial charge on any atom is -0.481 e. The molecule has 0 bridgehead atoms. The summed E-state index contributed by atoms with van der Waals surface area (Å²) < 4.78 is 5.62. The van der Waals surface area contributed by atoms with Gasteiger partial charge in [0.1, 0.15) is 11.4 Å². The first-order valence-corrected chi connectivity index (χ1v) is 18.4. The lowest BCUT2D eigenvalue weighted by Crippen LogP contribution is -2.22. The van der Waals surface area contributed by atoms with E-state index >= 15 is 0 Å². The van der Waals surface area contributed by atoms with Crippen molar-refractivity contribution in [3.05, 3.63) is 51.4 Å². The van der Waals surface area contributed by atoms with Crippen molar-refractivity contribution in [1.29, 1.82) is 0 Å². The van der Waals surface area contributed by atoms with Gasteiger partial charge in [0.2, 0.25) is 0 Å². The number of aliphatic carboxylic acids is 1. The first-order chi connectivity index (χ1) is 21.3. The van der Waals surface area contributed by atoms with Crippen molar-refractivity contribution in [1.82, 2.24) is 0 Å². The van der Waals surface area contributed by atoms with E-state index in [1.54, 1.807) is 23.5 Å². The molecule has 8 heteroatoms. The van der Waals surface area contributed by atoms with Crippen molar-refractivity contribution < 1.29 is 19.4 Å². The number of esters is 1. The summed E-state index contributed by atoms with van der Waals surface area (Å²) in [4.78, 5) is 37.9. The van der Waals surface area contributed by atoms with Gasteiger partial charge in [0.15, 0.2) is 0 Å². The minimum absolute atomic E-state index is 0.186. The summed E-state index contributed by atoms with van der Waals surface area (Å²) in [5, 5.41) is 12.5. The molecule has 0 saturated heterocycles. The van der Waals surface area contributed by atoms with Crippen LogP contribution in [0, 0.1) is 4.91 Å². The fourth-order valence-corrected chi connectivity index (χ4v) is 7.34. The summed E-state index contributed by atoms with van der Waals surface area (Å²) in [5.41, 5.74) is 3.05. The number of nitrogens with zero attached hydrogens (tertiary/aromatic N) is 1. The van der Waals surface area contributed by atoms with Crippen molar-refractivity contribution in [2.75, 3.05) is 0 Å². The van der Waals surface area contributed by atoms with Gasteiger partial charge in [0.25, 0.3) is 0 Å². The molecule has 266 valence electrons. The molecule has 47 heavy (non-hydrogen) atoms. The number of hydrogen-bond donors (Lipinski definition) is 1. The van der Waals surface area contributed by atoms with Crippen LogP contribution in [0.4, 0.5) is 5.69 Å². The van der Waals surface area contributed by atoms with E-state index in [0.717, 1.165) is 32.0 Å². The SMILES string of the molecule is CC.CC.CC(C)(Sc1cc(C(C)(C)C)c(N=O)c(C(C)(C)C)c1)Sc1cc(C(C)(C)C)c(OC(=O)CCC(=O)O)c(C(C)(C)C)c1. The minimum atomic E-state index is -1.03. The Bertz CT molecular complexity index is 1300. The Morgan fingerprint density at radius 1 is 0.617 bits per heavy atom. The molecule has 2 rings (SSSR count). The number of carbonyl (C=O) groups excluding carboxylic acids is 1. The Hall–Kier alpha value is -2.32. The van der Waals surface area contributed by atoms with Crippen molar-refractivity contribution in [3.8, 4) is 5.75 Å². The molecule has 0 aliphatic rings. The van der Waals surface area contributed by atoms with Crippen LogP contribution in [-0.2, 0) is 31.2 Å². The van der Waals surface area contributed by atoms with Crippen LogP contribution in [0.1, 0.15) is 160 Å². The van der Waals surface area contributed by atoms with Gasteiger partial charge < -0.3 is 9.84 Å². The zero-order valence-electron chi connectivity index (χ0n) is 32.6. The third-order valence-corrected chi connectivity index (χ3v) is 9.38. The molecule has 0 aliphatic carbocycles. The van der Waals surface area contributed by atoms with Crippen molar-refractivity contribution in [3.63, 3.8) is 0 Å². The summed E-state index contributed by atoms with van der Waals surface area (Å²) in [6.07, 6.45) is -0.459. The predicted octanol–water partition coefficient (Wildman–Crippen LogP) is 12.7. The third-order valence-electron chi connectivity index (χ3n) is 6.96. The second kappa shape index (κ2) is 17.4. The first-order valence-electron chi connectivity index (χ1n) is 16.8. The normalized spacial score (nSPS) is 12.3. The van der Waals surface area contributed by atoms with Crippen LogP contribution in [-0.4, -0.2) is 21.1 Å². The first kappa shape index (κ1) is 44.7. The van der Waals surface area contributed by atoms with E-state index in [1.165, 1.54) is 0 Å². The van der Waals surface area contributed by atoms with Crippen LogP contribution < -0.4 is 4.74 Å². The highest BCUT2D eigenvalue weighted by molar-refractivity contribution is 8.18. The predicted molar refractivity (Wildman–Crippen MR) is 204 cm³/mol. The fraction of sp³-hybridized carbons (Fsp3) is 0.641. The lowest BCUT2D eigenvalue weighted by atomic mass is 9.79. The van der Waals surface area contributed by atoms with Gasteiger partial charge in [-0.15, -0.1) is 28.4 Å². The van der Waals surface area contributed by atoms with Crippen LogP contribution in [0.25, 0.3) is 0 Å². The van der Waals surface area contributed by atoms with E-state index in [2.05, 4.69) is 126 Å². The number of hydrogen-bond acceptors (Lipinski definition) is 7. The van der Waals surface area contributed by atoms with Crippen molar-refractivity contribution in [2.24, 2.45) is 5.18 Å². The molecule has 0 radical (unpaired) electrons. The molecular weight excluding hydrogens is 627 g/mol. The molecule has 6 nitrogen and oxygen atoms in total. The van der Waals surface area contributed by atoms with Gasteiger partial charge in [-0.1, -0.05) is 111 Å². The number of rotatable bonds is 9. The lowest BCUT2D eigenvalue weighted by Gasteiger charge is -2.32. The molecule has 0 unspecified atom stereocenters. The lowest BCUT2D eigenvalue weighted by molar-refractivity contribution is -0.142. The van der Waals surface area contributed by atoms with Gasteiger partial charge in [-0.2, -0.15) is 0 Å². The average Bonchev–Trinajstić information content (AvgIpc) is 2.91. The average molecular weight is 690 g/mol. The maximum atomic E-state index is 12.7. The summed E-state index contributed by atoms with van der Waals surface area (Å²) in [7, 11) is 0. The Labute approximate surface area is 295 Å². The van der Waals surface area contributed by atoms with Gasteiger partial charge in [-0.25, -0.2) is 0 Å². The monoisotopic (exact) mass is 689 g/mol. The maximum Gasteiger partial charge on any atom is 0.311 e. The largest absolute Gasteiger partial charge is 0.481 e. The van der Waals surface area contributed by atoms with Crippen LogP contribution in [0.2, 0.25) is 0 Å².